The molecular weight excluding hydrogens is 340 g/mol. The molecule has 2 aromatic carbocycles. The van der Waals surface area contributed by atoms with Crippen molar-refractivity contribution < 1.29 is 9.59 Å². The molecule has 0 fully saturated rings. The molecule has 0 radical (unpaired) electrons. The Kier molecular flexibility index (Phi) is 6.57. The Morgan fingerprint density at radius 1 is 0.889 bits per heavy atom. The first-order chi connectivity index (χ1) is 13.2. The lowest BCUT2D eigenvalue weighted by Gasteiger charge is -2.06. The monoisotopic (exact) mass is 364 g/mol. The first-order valence-electron chi connectivity index (χ1n) is 9.26. The number of aryl methyl sites for hydroxylation is 1. The van der Waals surface area contributed by atoms with Crippen molar-refractivity contribution in [2.75, 3.05) is 13.1 Å². The van der Waals surface area contributed by atoms with Gasteiger partial charge in [0.1, 0.15) is 5.82 Å². The molecule has 3 aromatic rings. The molecule has 0 aliphatic rings. The van der Waals surface area contributed by atoms with E-state index in [4.69, 9.17) is 0 Å². The highest BCUT2D eigenvalue weighted by atomic mass is 16.2. The van der Waals surface area contributed by atoms with Crippen molar-refractivity contribution in [2.45, 2.75) is 25.7 Å². The molecule has 0 saturated carbocycles. The van der Waals surface area contributed by atoms with E-state index in [2.05, 4.69) is 20.6 Å². The number of aromatic nitrogens is 2. The van der Waals surface area contributed by atoms with Crippen molar-refractivity contribution in [3.05, 3.63) is 66.0 Å². The maximum absolute atomic E-state index is 11.9. The predicted molar refractivity (Wildman–Crippen MR) is 105 cm³/mol. The summed E-state index contributed by atoms with van der Waals surface area (Å²) in [6, 6.07) is 17.0. The van der Waals surface area contributed by atoms with Crippen molar-refractivity contribution in [1.82, 2.24) is 20.6 Å². The molecule has 0 atom stereocenters. The summed E-state index contributed by atoms with van der Waals surface area (Å²) in [5.41, 5.74) is 2.63. The third kappa shape index (κ3) is 5.67. The molecule has 1 heterocycles. The summed E-state index contributed by atoms with van der Waals surface area (Å²) in [6.45, 7) is 1.10. The fourth-order valence-corrected chi connectivity index (χ4v) is 2.84. The summed E-state index contributed by atoms with van der Waals surface area (Å²) in [5.74, 6) is 0.837. The number of nitrogens with one attached hydrogen (secondary N) is 3. The van der Waals surface area contributed by atoms with Gasteiger partial charge in [-0.15, -0.1) is 0 Å². The van der Waals surface area contributed by atoms with Gasteiger partial charge in [0, 0.05) is 31.5 Å². The standard InChI is InChI=1S/C21H24N4O2/c26-20(13-7-15-23-21(27)16-8-2-1-3-9-16)22-14-6-12-19-24-17-10-4-5-11-18(17)25-19/h1-5,8-11H,6-7,12-15H2,(H,22,26)(H,23,27)(H,24,25). The second kappa shape index (κ2) is 9.52. The fourth-order valence-electron chi connectivity index (χ4n) is 2.84. The number of imidazole rings is 1. The number of benzene rings is 2. The number of para-hydroxylation sites is 2. The molecule has 2 amide bonds. The molecule has 3 rings (SSSR count). The maximum Gasteiger partial charge on any atom is 0.251 e. The fraction of sp³-hybridized carbons (Fsp3) is 0.286. The highest BCUT2D eigenvalue weighted by Gasteiger charge is 2.06. The van der Waals surface area contributed by atoms with E-state index in [0.29, 0.717) is 31.5 Å². The zero-order valence-electron chi connectivity index (χ0n) is 15.2. The van der Waals surface area contributed by atoms with Gasteiger partial charge in [-0.05, 0) is 37.1 Å². The van der Waals surface area contributed by atoms with Crippen LogP contribution in [-0.2, 0) is 11.2 Å². The topological polar surface area (TPSA) is 86.9 Å². The Morgan fingerprint density at radius 2 is 1.63 bits per heavy atom. The lowest BCUT2D eigenvalue weighted by atomic mass is 10.2. The molecule has 6 heteroatoms. The van der Waals surface area contributed by atoms with E-state index in [1.54, 1.807) is 12.1 Å². The first-order valence-corrected chi connectivity index (χ1v) is 9.26. The number of hydrogen-bond acceptors (Lipinski definition) is 3. The Hall–Kier alpha value is -3.15. The lowest BCUT2D eigenvalue weighted by molar-refractivity contribution is -0.121. The van der Waals surface area contributed by atoms with Gasteiger partial charge in [0.15, 0.2) is 0 Å². The van der Waals surface area contributed by atoms with E-state index in [9.17, 15) is 9.59 Å². The van der Waals surface area contributed by atoms with E-state index < -0.39 is 0 Å². The smallest absolute Gasteiger partial charge is 0.251 e. The average Bonchev–Trinajstić information content (AvgIpc) is 3.12. The van der Waals surface area contributed by atoms with Crippen LogP contribution in [0.3, 0.4) is 0 Å². The number of aromatic amines is 1. The maximum atomic E-state index is 11.9. The van der Waals surface area contributed by atoms with E-state index in [-0.39, 0.29) is 11.8 Å². The third-order valence-corrected chi connectivity index (χ3v) is 4.25. The number of rotatable bonds is 9. The Labute approximate surface area is 158 Å². The molecule has 0 bridgehead atoms. The van der Waals surface area contributed by atoms with Crippen molar-refractivity contribution in [2.24, 2.45) is 0 Å². The highest BCUT2D eigenvalue weighted by molar-refractivity contribution is 5.94. The lowest BCUT2D eigenvalue weighted by Crippen LogP contribution is -2.28. The van der Waals surface area contributed by atoms with Crippen LogP contribution in [0.5, 0.6) is 0 Å². The number of nitrogens with zero attached hydrogens (tertiary/aromatic N) is 1. The van der Waals surface area contributed by atoms with Crippen LogP contribution in [-0.4, -0.2) is 34.9 Å². The van der Waals surface area contributed by atoms with E-state index in [1.807, 2.05) is 42.5 Å². The summed E-state index contributed by atoms with van der Waals surface area (Å²) in [4.78, 5) is 31.6. The zero-order chi connectivity index (χ0) is 18.9. The van der Waals surface area contributed by atoms with Crippen molar-refractivity contribution >= 4 is 22.8 Å². The van der Waals surface area contributed by atoms with Crippen LogP contribution in [0.1, 0.15) is 35.4 Å². The van der Waals surface area contributed by atoms with Crippen LogP contribution in [0.4, 0.5) is 0 Å². The minimum absolute atomic E-state index is 0.00793. The van der Waals surface area contributed by atoms with Crippen LogP contribution < -0.4 is 10.6 Å². The number of carbonyl (C=O) groups is 2. The summed E-state index contributed by atoms with van der Waals surface area (Å²) in [5, 5.41) is 5.74. The molecule has 0 aliphatic heterocycles. The average molecular weight is 364 g/mol. The number of amides is 2. The largest absolute Gasteiger partial charge is 0.356 e. The summed E-state index contributed by atoms with van der Waals surface area (Å²) in [6.07, 6.45) is 2.64. The summed E-state index contributed by atoms with van der Waals surface area (Å²) >= 11 is 0. The molecule has 6 nitrogen and oxygen atoms in total. The molecule has 0 saturated heterocycles. The van der Waals surface area contributed by atoms with Crippen molar-refractivity contribution in [1.29, 1.82) is 0 Å². The summed E-state index contributed by atoms with van der Waals surface area (Å²) < 4.78 is 0. The van der Waals surface area contributed by atoms with Crippen LogP contribution in [0.25, 0.3) is 11.0 Å². The van der Waals surface area contributed by atoms with E-state index >= 15 is 0 Å². The van der Waals surface area contributed by atoms with Gasteiger partial charge in [0.05, 0.1) is 11.0 Å². The van der Waals surface area contributed by atoms with Crippen LogP contribution in [0.15, 0.2) is 54.6 Å². The van der Waals surface area contributed by atoms with Gasteiger partial charge in [0.25, 0.3) is 5.91 Å². The molecule has 27 heavy (non-hydrogen) atoms. The first kappa shape index (κ1) is 18.6. The SMILES string of the molecule is O=C(CCCNC(=O)c1ccccc1)NCCCc1nc2ccccc2[nH]1. The molecule has 3 N–H and O–H groups in total. The Balaban J connectivity index is 1.27. The van der Waals surface area contributed by atoms with Gasteiger partial charge in [-0.3, -0.25) is 9.59 Å². The predicted octanol–water partition coefficient (Wildman–Crippen LogP) is 2.82. The number of hydrogen-bond donors (Lipinski definition) is 3. The Bertz CT molecular complexity index is 856. The molecule has 0 spiro atoms. The van der Waals surface area contributed by atoms with Crippen LogP contribution >= 0.6 is 0 Å². The zero-order valence-corrected chi connectivity index (χ0v) is 15.2. The molecule has 140 valence electrons. The van der Waals surface area contributed by atoms with Crippen LogP contribution in [0, 0.1) is 0 Å². The van der Waals surface area contributed by atoms with Crippen molar-refractivity contribution in [3.63, 3.8) is 0 Å². The van der Waals surface area contributed by atoms with Gasteiger partial charge < -0.3 is 15.6 Å². The molecule has 0 aliphatic carbocycles. The minimum Gasteiger partial charge on any atom is -0.356 e. The minimum atomic E-state index is -0.109. The highest BCUT2D eigenvalue weighted by Crippen LogP contribution is 2.11. The van der Waals surface area contributed by atoms with Crippen molar-refractivity contribution in [3.8, 4) is 0 Å². The Morgan fingerprint density at radius 3 is 2.44 bits per heavy atom. The van der Waals surface area contributed by atoms with Gasteiger partial charge >= 0.3 is 0 Å². The van der Waals surface area contributed by atoms with E-state index in [1.165, 1.54) is 0 Å². The third-order valence-electron chi connectivity index (χ3n) is 4.25. The quantitative estimate of drug-likeness (QED) is 0.510. The van der Waals surface area contributed by atoms with Gasteiger partial charge in [-0.2, -0.15) is 0 Å². The second-order valence-electron chi connectivity index (χ2n) is 6.38. The molecule has 0 unspecified atom stereocenters. The van der Waals surface area contributed by atoms with Gasteiger partial charge in [-0.1, -0.05) is 30.3 Å². The van der Waals surface area contributed by atoms with Gasteiger partial charge in [-0.25, -0.2) is 4.98 Å². The van der Waals surface area contributed by atoms with Crippen LogP contribution in [0.2, 0.25) is 0 Å². The second-order valence-corrected chi connectivity index (χ2v) is 6.38. The molecular formula is C21H24N4O2. The van der Waals surface area contributed by atoms with Gasteiger partial charge in [0.2, 0.25) is 5.91 Å². The summed E-state index contributed by atoms with van der Waals surface area (Å²) in [7, 11) is 0. The van der Waals surface area contributed by atoms with E-state index in [0.717, 1.165) is 29.7 Å². The molecule has 1 aromatic heterocycles. The number of H-pyrrole nitrogens is 1. The normalized spacial score (nSPS) is 10.7. The number of fused-ring (bicyclic) bond motifs is 1. The number of carbonyl (C=O) groups excluding carboxylic acids is 2.